The fourth-order valence-electron chi connectivity index (χ4n) is 4.72. The number of hydrogen-bond acceptors (Lipinski definition) is 5. The van der Waals surface area contributed by atoms with Crippen molar-refractivity contribution in [2.45, 2.75) is 44.2 Å². The molecule has 7 heteroatoms. The molecule has 1 aromatic heterocycles. The molecule has 3 fully saturated rings. The van der Waals surface area contributed by atoms with Crippen LogP contribution in [0.3, 0.4) is 0 Å². The van der Waals surface area contributed by atoms with Gasteiger partial charge in [-0.1, -0.05) is 0 Å². The van der Waals surface area contributed by atoms with Gasteiger partial charge in [-0.25, -0.2) is 0 Å². The van der Waals surface area contributed by atoms with Crippen LogP contribution in [0.15, 0.2) is 12.3 Å². The maximum Gasteiger partial charge on any atom is 0.244 e. The number of amides is 1. The Balaban J connectivity index is 1.24. The monoisotopic (exact) mass is 374 g/mol. The maximum absolute atomic E-state index is 12.7. The first-order valence-corrected chi connectivity index (χ1v) is 10.6. The number of rotatable bonds is 4. The van der Waals surface area contributed by atoms with Crippen LogP contribution in [0, 0.1) is 0 Å². The van der Waals surface area contributed by atoms with Gasteiger partial charge in [0.1, 0.15) is 6.54 Å². The molecule has 150 valence electrons. The normalized spacial score (nSPS) is 26.4. The highest BCUT2D eigenvalue weighted by atomic mass is 16.2. The lowest BCUT2D eigenvalue weighted by Gasteiger charge is -2.42. The third-order valence-corrected chi connectivity index (χ3v) is 6.55. The minimum Gasteiger partial charge on any atom is -0.339 e. The maximum atomic E-state index is 12.7. The van der Waals surface area contributed by atoms with E-state index in [0.717, 1.165) is 45.0 Å². The van der Waals surface area contributed by atoms with Crippen molar-refractivity contribution in [2.75, 3.05) is 59.4 Å². The zero-order valence-electron chi connectivity index (χ0n) is 16.6. The summed E-state index contributed by atoms with van der Waals surface area (Å²) in [5, 5.41) is 8.12. The van der Waals surface area contributed by atoms with Crippen molar-refractivity contribution in [3.8, 4) is 0 Å². The Morgan fingerprint density at radius 3 is 2.63 bits per heavy atom. The summed E-state index contributed by atoms with van der Waals surface area (Å²) in [5.41, 5.74) is 1.13. The van der Waals surface area contributed by atoms with Crippen molar-refractivity contribution in [2.24, 2.45) is 0 Å². The lowest BCUT2D eigenvalue weighted by molar-refractivity contribution is -0.134. The van der Waals surface area contributed by atoms with Crippen LogP contribution in [0.4, 0.5) is 0 Å². The lowest BCUT2D eigenvalue weighted by Crippen LogP contribution is -2.54. The highest BCUT2D eigenvalue weighted by molar-refractivity contribution is 5.76. The van der Waals surface area contributed by atoms with Crippen molar-refractivity contribution in [1.29, 1.82) is 0 Å². The first-order valence-electron chi connectivity index (χ1n) is 10.6. The fraction of sp³-hybridized carbons (Fsp3) is 0.800. The molecule has 3 aliphatic heterocycles. The van der Waals surface area contributed by atoms with Crippen LogP contribution in [0.1, 0.15) is 37.3 Å². The van der Waals surface area contributed by atoms with Crippen LogP contribution < -0.4 is 5.32 Å². The molecule has 3 saturated heterocycles. The van der Waals surface area contributed by atoms with Crippen LogP contribution in [0.25, 0.3) is 0 Å². The molecule has 7 nitrogen and oxygen atoms in total. The van der Waals surface area contributed by atoms with Gasteiger partial charge in [-0.3, -0.25) is 14.4 Å². The first-order chi connectivity index (χ1) is 13.2. The summed E-state index contributed by atoms with van der Waals surface area (Å²) in [6.07, 6.45) is 6.89. The van der Waals surface area contributed by atoms with Gasteiger partial charge in [-0.05, 0) is 58.4 Å². The largest absolute Gasteiger partial charge is 0.339 e. The Kier molecular flexibility index (Phi) is 6.10. The number of carbonyl (C=O) groups is 1. The molecular formula is C20H34N6O. The van der Waals surface area contributed by atoms with Gasteiger partial charge in [-0.15, -0.1) is 0 Å². The second-order valence-corrected chi connectivity index (χ2v) is 8.43. The molecule has 1 N–H and O–H groups in total. The minimum absolute atomic E-state index is 0.203. The van der Waals surface area contributed by atoms with Crippen molar-refractivity contribution in [3.05, 3.63) is 18.0 Å². The van der Waals surface area contributed by atoms with Crippen molar-refractivity contribution >= 4 is 5.91 Å². The predicted octanol–water partition coefficient (Wildman–Crippen LogP) is 0.589. The number of piperazine rings is 1. The lowest BCUT2D eigenvalue weighted by atomic mass is 9.97. The molecule has 1 aromatic rings. The molecule has 0 radical (unpaired) electrons. The molecule has 0 aliphatic carbocycles. The molecule has 27 heavy (non-hydrogen) atoms. The van der Waals surface area contributed by atoms with Crippen molar-refractivity contribution < 1.29 is 4.79 Å². The van der Waals surface area contributed by atoms with E-state index < -0.39 is 0 Å². The molecule has 1 unspecified atom stereocenters. The summed E-state index contributed by atoms with van der Waals surface area (Å²) in [7, 11) is 2.21. The number of carbonyl (C=O) groups excluding carboxylic acids is 1. The Morgan fingerprint density at radius 2 is 1.93 bits per heavy atom. The quantitative estimate of drug-likeness (QED) is 0.836. The van der Waals surface area contributed by atoms with E-state index in [2.05, 4.69) is 33.3 Å². The standard InChI is InChI=1S/C20H34N6O/c1-23-8-4-18(5-9-23)24-11-13-25(14-12-24)20(27)16-26-10-6-19(22-26)17-3-2-7-21-15-17/h6,10,17-18,21H,2-5,7-9,11-16H2,1H3. The van der Waals surface area contributed by atoms with E-state index in [1.165, 1.54) is 38.8 Å². The van der Waals surface area contributed by atoms with Gasteiger partial charge < -0.3 is 15.1 Å². The molecule has 3 aliphatic rings. The number of nitrogens with zero attached hydrogens (tertiary/aromatic N) is 5. The van der Waals surface area contributed by atoms with Gasteiger partial charge >= 0.3 is 0 Å². The molecular weight excluding hydrogens is 340 g/mol. The molecule has 4 rings (SSSR count). The Morgan fingerprint density at radius 1 is 1.15 bits per heavy atom. The van der Waals surface area contributed by atoms with E-state index in [0.29, 0.717) is 18.5 Å². The molecule has 1 atom stereocenters. The second-order valence-electron chi connectivity index (χ2n) is 8.43. The van der Waals surface area contributed by atoms with E-state index in [9.17, 15) is 4.79 Å². The molecule has 0 spiro atoms. The molecule has 0 bridgehead atoms. The zero-order chi connectivity index (χ0) is 18.6. The van der Waals surface area contributed by atoms with Crippen LogP contribution >= 0.6 is 0 Å². The molecule has 1 amide bonds. The Labute approximate surface area is 162 Å². The third-order valence-electron chi connectivity index (χ3n) is 6.55. The first kappa shape index (κ1) is 18.9. The summed E-state index contributed by atoms with van der Waals surface area (Å²) in [4.78, 5) is 19.7. The summed E-state index contributed by atoms with van der Waals surface area (Å²) in [5.74, 6) is 0.697. The molecule has 0 saturated carbocycles. The second kappa shape index (κ2) is 8.71. The van der Waals surface area contributed by atoms with Gasteiger partial charge in [0.2, 0.25) is 5.91 Å². The summed E-state index contributed by atoms with van der Waals surface area (Å²) in [6, 6.07) is 2.79. The average molecular weight is 375 g/mol. The van der Waals surface area contributed by atoms with Gasteiger partial charge in [0.15, 0.2) is 0 Å². The van der Waals surface area contributed by atoms with E-state index in [-0.39, 0.29) is 5.91 Å². The number of piperidine rings is 2. The van der Waals surface area contributed by atoms with E-state index in [4.69, 9.17) is 0 Å². The van der Waals surface area contributed by atoms with Crippen LogP contribution in [-0.4, -0.2) is 95.8 Å². The number of nitrogens with one attached hydrogen (secondary N) is 1. The Bertz CT molecular complexity index is 610. The highest BCUT2D eigenvalue weighted by Crippen LogP contribution is 2.21. The fourth-order valence-corrected chi connectivity index (χ4v) is 4.72. The summed E-state index contributed by atoms with van der Waals surface area (Å²) in [6.45, 7) is 8.61. The van der Waals surface area contributed by atoms with E-state index in [1.54, 1.807) is 0 Å². The average Bonchev–Trinajstić information content (AvgIpc) is 3.18. The number of likely N-dealkylation sites (tertiary alicyclic amines) is 1. The third kappa shape index (κ3) is 4.70. The van der Waals surface area contributed by atoms with Gasteiger partial charge in [0.25, 0.3) is 0 Å². The van der Waals surface area contributed by atoms with E-state index in [1.807, 2.05) is 15.8 Å². The topological polar surface area (TPSA) is 56.6 Å². The van der Waals surface area contributed by atoms with E-state index >= 15 is 0 Å². The molecule has 0 aromatic carbocycles. The number of aromatic nitrogens is 2. The van der Waals surface area contributed by atoms with Gasteiger partial charge in [0, 0.05) is 50.9 Å². The predicted molar refractivity (Wildman–Crippen MR) is 106 cm³/mol. The SMILES string of the molecule is CN1CCC(N2CCN(C(=O)Cn3ccc(C4CCCNC4)n3)CC2)CC1. The van der Waals surface area contributed by atoms with Crippen LogP contribution in [-0.2, 0) is 11.3 Å². The number of hydrogen-bond donors (Lipinski definition) is 1. The smallest absolute Gasteiger partial charge is 0.244 e. The minimum atomic E-state index is 0.203. The van der Waals surface area contributed by atoms with Gasteiger partial charge in [0.05, 0.1) is 5.69 Å². The Hall–Kier alpha value is -1.44. The van der Waals surface area contributed by atoms with Crippen molar-refractivity contribution in [1.82, 2.24) is 29.8 Å². The van der Waals surface area contributed by atoms with Gasteiger partial charge in [-0.2, -0.15) is 5.10 Å². The summed E-state index contributed by atoms with van der Waals surface area (Å²) < 4.78 is 1.83. The highest BCUT2D eigenvalue weighted by Gasteiger charge is 2.28. The van der Waals surface area contributed by atoms with Crippen LogP contribution in [0.5, 0.6) is 0 Å². The molecule has 4 heterocycles. The van der Waals surface area contributed by atoms with Crippen molar-refractivity contribution in [3.63, 3.8) is 0 Å². The summed E-state index contributed by atoms with van der Waals surface area (Å²) >= 11 is 0. The van der Waals surface area contributed by atoms with Crippen LogP contribution in [0.2, 0.25) is 0 Å². The zero-order valence-corrected chi connectivity index (χ0v) is 16.6.